The lowest BCUT2D eigenvalue weighted by atomic mass is 10.3. The van der Waals surface area contributed by atoms with Crippen molar-refractivity contribution in [1.82, 2.24) is 10.3 Å². The molecule has 0 saturated carbocycles. The zero-order valence-corrected chi connectivity index (χ0v) is 14.6. The van der Waals surface area contributed by atoms with E-state index < -0.39 is 0 Å². The zero-order chi connectivity index (χ0) is 15.6. The Morgan fingerprint density at radius 1 is 1.08 bits per heavy atom. The summed E-state index contributed by atoms with van der Waals surface area (Å²) in [5.41, 5.74) is 5.35. The number of nitrogens with one attached hydrogen (secondary N) is 1. The van der Waals surface area contributed by atoms with Crippen LogP contribution in [0.4, 0.5) is 0 Å². The van der Waals surface area contributed by atoms with Crippen molar-refractivity contribution in [3.8, 4) is 17.4 Å². The smallest absolute Gasteiger partial charge is 0.257 e. The third kappa shape index (κ3) is 8.01. The van der Waals surface area contributed by atoms with Crippen molar-refractivity contribution in [1.29, 1.82) is 0 Å². The van der Waals surface area contributed by atoms with E-state index in [4.69, 9.17) is 15.2 Å². The van der Waals surface area contributed by atoms with Crippen LogP contribution in [0.3, 0.4) is 0 Å². The number of hydrogen-bond acceptors (Lipinski definition) is 5. The number of aromatic nitrogens is 1. The van der Waals surface area contributed by atoms with Gasteiger partial charge in [0.05, 0.1) is 0 Å². The van der Waals surface area contributed by atoms with Crippen LogP contribution in [0.25, 0.3) is 0 Å². The van der Waals surface area contributed by atoms with E-state index in [-0.39, 0.29) is 37.3 Å². The molecule has 1 heterocycles. The van der Waals surface area contributed by atoms with Gasteiger partial charge in [-0.05, 0) is 43.3 Å². The number of halogens is 2. The Labute approximate surface area is 153 Å². The van der Waals surface area contributed by atoms with Gasteiger partial charge in [0.2, 0.25) is 5.88 Å². The Morgan fingerprint density at radius 2 is 1.79 bits per heavy atom. The lowest BCUT2D eigenvalue weighted by molar-refractivity contribution is -0.123. The molecule has 1 amide bonds. The van der Waals surface area contributed by atoms with Crippen LogP contribution in [0.2, 0.25) is 0 Å². The number of ether oxygens (including phenoxy) is 2. The van der Waals surface area contributed by atoms with Crippen LogP contribution in [0.1, 0.15) is 6.42 Å². The summed E-state index contributed by atoms with van der Waals surface area (Å²) in [6.07, 6.45) is 2.42. The minimum atomic E-state index is -0.165. The Bertz CT molecular complexity index is 583. The average molecular weight is 374 g/mol. The predicted molar refractivity (Wildman–Crippen MR) is 97.4 cm³/mol. The van der Waals surface area contributed by atoms with Gasteiger partial charge in [0, 0.05) is 18.8 Å². The Morgan fingerprint density at radius 3 is 2.42 bits per heavy atom. The summed E-state index contributed by atoms with van der Waals surface area (Å²) < 4.78 is 11.0. The second-order valence-electron chi connectivity index (χ2n) is 4.52. The van der Waals surface area contributed by atoms with E-state index in [1.54, 1.807) is 36.5 Å². The largest absolute Gasteiger partial charge is 0.484 e. The van der Waals surface area contributed by atoms with Crippen LogP contribution in [-0.4, -0.2) is 30.6 Å². The first kappa shape index (κ1) is 22.0. The third-order valence-electron chi connectivity index (χ3n) is 2.76. The third-order valence-corrected chi connectivity index (χ3v) is 2.76. The van der Waals surface area contributed by atoms with Crippen LogP contribution in [0.15, 0.2) is 48.7 Å². The van der Waals surface area contributed by atoms with Gasteiger partial charge in [-0.3, -0.25) is 4.79 Å². The molecule has 3 N–H and O–H groups in total. The lowest BCUT2D eigenvalue weighted by Crippen LogP contribution is -2.30. The summed E-state index contributed by atoms with van der Waals surface area (Å²) in [6, 6.07) is 12.4. The maximum atomic E-state index is 11.5. The number of hydrogen-bond donors (Lipinski definition) is 2. The summed E-state index contributed by atoms with van der Waals surface area (Å²) in [6.45, 7) is 1.10. The first-order valence-electron chi connectivity index (χ1n) is 7.06. The van der Waals surface area contributed by atoms with Crippen molar-refractivity contribution in [3.05, 3.63) is 48.7 Å². The maximum absolute atomic E-state index is 11.5. The van der Waals surface area contributed by atoms with Crippen molar-refractivity contribution < 1.29 is 14.3 Å². The quantitative estimate of drug-likeness (QED) is 0.694. The molecule has 24 heavy (non-hydrogen) atoms. The fourth-order valence-electron chi connectivity index (χ4n) is 1.66. The van der Waals surface area contributed by atoms with Gasteiger partial charge in [-0.2, -0.15) is 0 Å². The monoisotopic (exact) mass is 373 g/mol. The molecule has 0 aliphatic heterocycles. The van der Waals surface area contributed by atoms with E-state index in [2.05, 4.69) is 10.3 Å². The molecule has 132 valence electrons. The van der Waals surface area contributed by atoms with Crippen molar-refractivity contribution in [2.45, 2.75) is 6.42 Å². The molecule has 1 aromatic heterocycles. The topological polar surface area (TPSA) is 86.5 Å². The molecule has 1 aromatic carbocycles. The highest BCUT2D eigenvalue weighted by atomic mass is 35.5. The van der Waals surface area contributed by atoms with E-state index in [1.165, 1.54) is 0 Å². The molecule has 0 atom stereocenters. The number of rotatable bonds is 8. The standard InChI is InChI=1S/C16H19N3O3.2ClH/c17-9-3-11-18-15(20)12-21-13-5-7-14(8-6-13)22-16-4-1-2-10-19-16;;/h1-2,4-8,10H,3,9,11-12,17H2,(H,18,20);2*1H. The molecule has 6 nitrogen and oxygen atoms in total. The van der Waals surface area contributed by atoms with E-state index in [0.29, 0.717) is 30.5 Å². The molecular formula is C16H21Cl2N3O3. The Balaban J connectivity index is 0.00000264. The second kappa shape index (κ2) is 12.4. The molecular weight excluding hydrogens is 353 g/mol. The van der Waals surface area contributed by atoms with Gasteiger partial charge in [0.15, 0.2) is 6.61 Å². The SMILES string of the molecule is Cl.Cl.NCCCNC(=O)COc1ccc(Oc2ccccn2)cc1. The van der Waals surface area contributed by atoms with Gasteiger partial charge in [0.1, 0.15) is 11.5 Å². The van der Waals surface area contributed by atoms with Gasteiger partial charge >= 0.3 is 0 Å². The highest BCUT2D eigenvalue weighted by Crippen LogP contribution is 2.21. The van der Waals surface area contributed by atoms with Crippen molar-refractivity contribution in [3.63, 3.8) is 0 Å². The number of nitrogens with zero attached hydrogens (tertiary/aromatic N) is 1. The summed E-state index contributed by atoms with van der Waals surface area (Å²) in [7, 11) is 0. The number of benzene rings is 1. The summed E-state index contributed by atoms with van der Waals surface area (Å²) in [5, 5.41) is 2.72. The van der Waals surface area contributed by atoms with Crippen LogP contribution < -0.4 is 20.5 Å². The summed E-state index contributed by atoms with van der Waals surface area (Å²) in [5.74, 6) is 1.61. The first-order valence-corrected chi connectivity index (χ1v) is 7.06. The molecule has 0 bridgehead atoms. The number of pyridine rings is 1. The normalized spacial score (nSPS) is 9.21. The fraction of sp³-hybridized carbons (Fsp3) is 0.250. The molecule has 0 unspecified atom stereocenters. The zero-order valence-electron chi connectivity index (χ0n) is 13.0. The Kier molecular flexibility index (Phi) is 11.4. The van der Waals surface area contributed by atoms with E-state index >= 15 is 0 Å². The Hall–Kier alpha value is -2.02. The number of carbonyl (C=O) groups excluding carboxylic acids is 1. The second-order valence-corrected chi connectivity index (χ2v) is 4.52. The molecule has 0 spiro atoms. The summed E-state index contributed by atoms with van der Waals surface area (Å²) in [4.78, 5) is 15.6. The molecule has 2 rings (SSSR count). The molecule has 0 radical (unpaired) electrons. The van der Waals surface area contributed by atoms with Crippen LogP contribution >= 0.6 is 24.8 Å². The molecule has 2 aromatic rings. The number of amides is 1. The highest BCUT2D eigenvalue weighted by Gasteiger charge is 2.03. The lowest BCUT2D eigenvalue weighted by Gasteiger charge is -2.08. The molecule has 0 fully saturated rings. The van der Waals surface area contributed by atoms with Crippen LogP contribution in [0.5, 0.6) is 17.4 Å². The van der Waals surface area contributed by atoms with Gasteiger partial charge in [0.25, 0.3) is 5.91 Å². The van der Waals surface area contributed by atoms with Gasteiger partial charge in [-0.1, -0.05) is 6.07 Å². The number of carbonyl (C=O) groups is 1. The minimum absolute atomic E-state index is 0. The van der Waals surface area contributed by atoms with E-state index in [1.807, 2.05) is 12.1 Å². The molecule has 0 saturated heterocycles. The fourth-order valence-corrected chi connectivity index (χ4v) is 1.66. The van der Waals surface area contributed by atoms with Crippen LogP contribution in [-0.2, 0) is 4.79 Å². The molecule has 8 heteroatoms. The molecule has 0 aliphatic rings. The van der Waals surface area contributed by atoms with Crippen LogP contribution in [0, 0.1) is 0 Å². The van der Waals surface area contributed by atoms with Crippen molar-refractivity contribution in [2.24, 2.45) is 5.73 Å². The minimum Gasteiger partial charge on any atom is -0.484 e. The summed E-state index contributed by atoms with van der Waals surface area (Å²) >= 11 is 0. The predicted octanol–water partition coefficient (Wildman–Crippen LogP) is 2.56. The number of nitrogens with two attached hydrogens (primary N) is 1. The van der Waals surface area contributed by atoms with Crippen molar-refractivity contribution in [2.75, 3.05) is 19.7 Å². The van der Waals surface area contributed by atoms with E-state index in [0.717, 1.165) is 6.42 Å². The highest BCUT2D eigenvalue weighted by molar-refractivity contribution is 5.85. The van der Waals surface area contributed by atoms with Crippen molar-refractivity contribution >= 4 is 30.7 Å². The van der Waals surface area contributed by atoms with Gasteiger partial charge in [-0.15, -0.1) is 24.8 Å². The van der Waals surface area contributed by atoms with Gasteiger partial charge < -0.3 is 20.5 Å². The van der Waals surface area contributed by atoms with Gasteiger partial charge in [-0.25, -0.2) is 4.98 Å². The average Bonchev–Trinajstić information content (AvgIpc) is 2.55. The van der Waals surface area contributed by atoms with E-state index in [9.17, 15) is 4.79 Å². The maximum Gasteiger partial charge on any atom is 0.257 e. The first-order chi connectivity index (χ1) is 10.8. The molecule has 0 aliphatic carbocycles.